The molecule has 3 nitrogen and oxygen atoms in total. The first kappa shape index (κ1) is 17.9. The Morgan fingerprint density at radius 3 is 2.81 bits per heavy atom. The molecule has 1 aliphatic rings. The summed E-state index contributed by atoms with van der Waals surface area (Å²) in [6.07, 6.45) is 12.2. The smallest absolute Gasteiger partial charge is 0.306 e. The third-order valence-corrected chi connectivity index (χ3v) is 4.24. The molecule has 1 rings (SSSR count). The van der Waals surface area contributed by atoms with Gasteiger partial charge in [-0.1, -0.05) is 45.3 Å². The molecule has 0 bridgehead atoms. The third kappa shape index (κ3) is 6.92. The molecule has 2 unspecified atom stereocenters. The molecule has 120 valence electrons. The Morgan fingerprint density at radius 1 is 1.29 bits per heavy atom. The lowest BCUT2D eigenvalue weighted by atomic mass is 9.88. The molecule has 0 aliphatic heterocycles. The topological polar surface area (TPSA) is 43.4 Å². The molecular weight excluding hydrogens is 264 g/mol. The number of allylic oxidation sites excluding steroid dienone is 1. The zero-order chi connectivity index (χ0) is 15.5. The second-order valence-electron chi connectivity index (χ2n) is 5.96. The largest absolute Gasteiger partial charge is 0.465 e. The van der Waals surface area contributed by atoms with Crippen LogP contribution < -0.4 is 0 Å². The van der Waals surface area contributed by atoms with Gasteiger partial charge in [0, 0.05) is 18.8 Å². The van der Waals surface area contributed by atoms with Gasteiger partial charge in [0.05, 0.1) is 6.61 Å². The number of Topliss-reactive ketones (excluding diaryl/α,β-unsaturated/α-hetero) is 1. The molecule has 0 N–H and O–H groups in total. The summed E-state index contributed by atoms with van der Waals surface area (Å²) in [5.41, 5.74) is 0. The van der Waals surface area contributed by atoms with Crippen molar-refractivity contribution in [1.29, 1.82) is 0 Å². The van der Waals surface area contributed by atoms with Crippen LogP contribution in [0.5, 0.6) is 0 Å². The van der Waals surface area contributed by atoms with E-state index in [1.807, 2.05) is 6.08 Å². The molecule has 0 aromatic carbocycles. The van der Waals surface area contributed by atoms with Crippen molar-refractivity contribution >= 4 is 11.8 Å². The van der Waals surface area contributed by atoms with E-state index in [9.17, 15) is 9.59 Å². The van der Waals surface area contributed by atoms with E-state index in [1.54, 1.807) is 0 Å². The SMILES string of the molecule is CC/C=C\CCOC(=O)CC1CCC(=O)C1CCCCC. The Kier molecular flexibility index (Phi) is 9.04. The normalized spacial score (nSPS) is 22.1. The van der Waals surface area contributed by atoms with Crippen molar-refractivity contribution in [2.45, 2.75) is 71.6 Å². The Morgan fingerprint density at radius 2 is 2.10 bits per heavy atom. The number of ether oxygens (including phenoxy) is 1. The van der Waals surface area contributed by atoms with E-state index < -0.39 is 0 Å². The molecular formula is C18H30O3. The standard InChI is InChI=1S/C18H30O3/c1-3-5-7-9-13-21-18(20)14-15-11-12-17(19)16(15)10-8-6-4-2/h5,7,15-16H,3-4,6,8-14H2,1-2H3/b7-5-. The van der Waals surface area contributed by atoms with E-state index in [0.29, 0.717) is 25.2 Å². The van der Waals surface area contributed by atoms with Gasteiger partial charge in [-0.3, -0.25) is 9.59 Å². The number of ketones is 1. The van der Waals surface area contributed by atoms with Crippen LogP contribution in [-0.4, -0.2) is 18.4 Å². The Labute approximate surface area is 129 Å². The van der Waals surface area contributed by atoms with Gasteiger partial charge in [0.15, 0.2) is 0 Å². The monoisotopic (exact) mass is 294 g/mol. The lowest BCUT2D eigenvalue weighted by molar-refractivity contribution is -0.145. The first-order valence-electron chi connectivity index (χ1n) is 8.52. The summed E-state index contributed by atoms with van der Waals surface area (Å²) in [7, 11) is 0. The van der Waals surface area contributed by atoms with E-state index in [4.69, 9.17) is 4.74 Å². The summed E-state index contributed by atoms with van der Waals surface area (Å²) in [6.45, 7) is 4.70. The lowest BCUT2D eigenvalue weighted by Gasteiger charge is -2.17. The van der Waals surface area contributed by atoms with Crippen LogP contribution in [0, 0.1) is 11.8 Å². The highest BCUT2D eigenvalue weighted by molar-refractivity contribution is 5.84. The summed E-state index contributed by atoms with van der Waals surface area (Å²) in [6, 6.07) is 0. The number of carbonyl (C=O) groups is 2. The molecule has 0 aromatic rings. The molecule has 2 atom stereocenters. The zero-order valence-corrected chi connectivity index (χ0v) is 13.6. The highest BCUT2D eigenvalue weighted by Crippen LogP contribution is 2.35. The Hall–Kier alpha value is -1.12. The number of unbranched alkanes of at least 4 members (excludes halogenated alkanes) is 2. The molecule has 0 saturated heterocycles. The summed E-state index contributed by atoms with van der Waals surface area (Å²) >= 11 is 0. The van der Waals surface area contributed by atoms with Gasteiger partial charge in [-0.05, 0) is 31.6 Å². The number of carbonyl (C=O) groups excluding carboxylic acids is 2. The number of hydrogen-bond acceptors (Lipinski definition) is 3. The summed E-state index contributed by atoms with van der Waals surface area (Å²) < 4.78 is 5.26. The van der Waals surface area contributed by atoms with Crippen LogP contribution in [-0.2, 0) is 14.3 Å². The van der Waals surface area contributed by atoms with Crippen molar-refractivity contribution in [3.63, 3.8) is 0 Å². The minimum Gasteiger partial charge on any atom is -0.465 e. The predicted octanol–water partition coefficient (Wildman–Crippen LogP) is 4.45. The van der Waals surface area contributed by atoms with Crippen LogP contribution in [0.2, 0.25) is 0 Å². The molecule has 0 aromatic heterocycles. The average molecular weight is 294 g/mol. The van der Waals surface area contributed by atoms with Gasteiger partial charge in [-0.2, -0.15) is 0 Å². The minimum atomic E-state index is -0.139. The van der Waals surface area contributed by atoms with Crippen LogP contribution >= 0.6 is 0 Å². The molecule has 1 saturated carbocycles. The number of esters is 1. The number of rotatable bonds is 10. The van der Waals surface area contributed by atoms with Gasteiger partial charge in [0.2, 0.25) is 0 Å². The summed E-state index contributed by atoms with van der Waals surface area (Å²) in [5.74, 6) is 0.534. The Balaban J connectivity index is 2.29. The van der Waals surface area contributed by atoms with Crippen LogP contribution in [0.25, 0.3) is 0 Å². The van der Waals surface area contributed by atoms with Crippen LogP contribution in [0.15, 0.2) is 12.2 Å². The van der Waals surface area contributed by atoms with Gasteiger partial charge in [0.1, 0.15) is 5.78 Å². The highest BCUT2D eigenvalue weighted by Gasteiger charge is 2.35. The maximum Gasteiger partial charge on any atom is 0.306 e. The van der Waals surface area contributed by atoms with E-state index in [2.05, 4.69) is 19.9 Å². The molecule has 0 amide bonds. The highest BCUT2D eigenvalue weighted by atomic mass is 16.5. The van der Waals surface area contributed by atoms with Crippen molar-refractivity contribution in [1.82, 2.24) is 0 Å². The molecule has 0 radical (unpaired) electrons. The van der Waals surface area contributed by atoms with Gasteiger partial charge in [-0.15, -0.1) is 0 Å². The van der Waals surface area contributed by atoms with Crippen LogP contribution in [0.3, 0.4) is 0 Å². The summed E-state index contributed by atoms with van der Waals surface area (Å²) in [5, 5.41) is 0. The van der Waals surface area contributed by atoms with Crippen molar-refractivity contribution < 1.29 is 14.3 Å². The van der Waals surface area contributed by atoms with Crippen molar-refractivity contribution in [2.75, 3.05) is 6.61 Å². The molecule has 1 aliphatic carbocycles. The van der Waals surface area contributed by atoms with Gasteiger partial charge < -0.3 is 4.74 Å². The third-order valence-electron chi connectivity index (χ3n) is 4.24. The minimum absolute atomic E-state index is 0.101. The predicted molar refractivity (Wildman–Crippen MR) is 85.0 cm³/mol. The van der Waals surface area contributed by atoms with E-state index in [-0.39, 0.29) is 17.8 Å². The van der Waals surface area contributed by atoms with Crippen molar-refractivity contribution in [3.8, 4) is 0 Å². The maximum atomic E-state index is 11.9. The zero-order valence-electron chi connectivity index (χ0n) is 13.6. The maximum absolute atomic E-state index is 11.9. The fourth-order valence-corrected chi connectivity index (χ4v) is 3.03. The lowest BCUT2D eigenvalue weighted by Crippen LogP contribution is -2.19. The second-order valence-corrected chi connectivity index (χ2v) is 5.96. The van der Waals surface area contributed by atoms with E-state index in [1.165, 1.54) is 12.8 Å². The van der Waals surface area contributed by atoms with Crippen LogP contribution in [0.1, 0.15) is 71.6 Å². The fraction of sp³-hybridized carbons (Fsp3) is 0.778. The van der Waals surface area contributed by atoms with Gasteiger partial charge >= 0.3 is 5.97 Å². The average Bonchev–Trinajstić information content (AvgIpc) is 2.80. The van der Waals surface area contributed by atoms with Crippen LogP contribution in [0.4, 0.5) is 0 Å². The van der Waals surface area contributed by atoms with Gasteiger partial charge in [-0.25, -0.2) is 0 Å². The van der Waals surface area contributed by atoms with Crippen molar-refractivity contribution in [2.24, 2.45) is 11.8 Å². The first-order chi connectivity index (χ1) is 10.2. The van der Waals surface area contributed by atoms with E-state index in [0.717, 1.165) is 32.1 Å². The quantitative estimate of drug-likeness (QED) is 0.339. The molecule has 0 spiro atoms. The van der Waals surface area contributed by atoms with Gasteiger partial charge in [0.25, 0.3) is 0 Å². The Bertz CT molecular complexity index is 346. The number of hydrogen-bond donors (Lipinski definition) is 0. The first-order valence-corrected chi connectivity index (χ1v) is 8.52. The molecule has 0 heterocycles. The summed E-state index contributed by atoms with van der Waals surface area (Å²) in [4.78, 5) is 23.8. The molecule has 3 heteroatoms. The molecule has 21 heavy (non-hydrogen) atoms. The molecule has 1 fully saturated rings. The second kappa shape index (κ2) is 10.6. The van der Waals surface area contributed by atoms with Crippen molar-refractivity contribution in [3.05, 3.63) is 12.2 Å². The fourth-order valence-electron chi connectivity index (χ4n) is 3.03. The van der Waals surface area contributed by atoms with E-state index >= 15 is 0 Å².